The van der Waals surface area contributed by atoms with Gasteiger partial charge in [0.1, 0.15) is 5.75 Å². The first-order valence-electron chi connectivity index (χ1n) is 9.15. The quantitative estimate of drug-likeness (QED) is 0.828. The molecule has 1 aliphatic heterocycles. The zero-order valence-electron chi connectivity index (χ0n) is 15.1. The van der Waals surface area contributed by atoms with Gasteiger partial charge in [-0.05, 0) is 49.6 Å². The number of amides is 1. The molecule has 1 saturated heterocycles. The lowest BCUT2D eigenvalue weighted by Gasteiger charge is -2.32. The van der Waals surface area contributed by atoms with E-state index in [1.165, 1.54) is 5.56 Å². The lowest BCUT2D eigenvalue weighted by atomic mass is 10.0. The molecule has 0 aliphatic carbocycles. The molecule has 1 fully saturated rings. The number of nitrogens with one attached hydrogen (secondary N) is 1. The lowest BCUT2D eigenvalue weighted by Crippen LogP contribution is -2.44. The molecule has 2 aromatic carbocycles. The van der Waals surface area contributed by atoms with Gasteiger partial charge in [-0.1, -0.05) is 35.9 Å². The summed E-state index contributed by atoms with van der Waals surface area (Å²) >= 11 is 6.16. The third-order valence-electron chi connectivity index (χ3n) is 4.66. The van der Waals surface area contributed by atoms with E-state index in [4.69, 9.17) is 16.3 Å². The Morgan fingerprint density at radius 2 is 1.92 bits per heavy atom. The summed E-state index contributed by atoms with van der Waals surface area (Å²) in [5.74, 6) is 0.764. The minimum Gasteiger partial charge on any atom is -0.492 e. The summed E-state index contributed by atoms with van der Waals surface area (Å²) in [7, 11) is 0. The van der Waals surface area contributed by atoms with E-state index in [2.05, 4.69) is 10.2 Å². The highest BCUT2D eigenvalue weighted by molar-refractivity contribution is 6.32. The van der Waals surface area contributed by atoms with Crippen LogP contribution in [-0.4, -0.2) is 36.5 Å². The zero-order chi connectivity index (χ0) is 18.4. The minimum atomic E-state index is 0.0168. The van der Waals surface area contributed by atoms with Gasteiger partial charge < -0.3 is 10.1 Å². The Morgan fingerprint density at radius 3 is 2.62 bits per heavy atom. The summed E-state index contributed by atoms with van der Waals surface area (Å²) in [6, 6.07) is 15.6. The molecule has 3 rings (SSSR count). The van der Waals surface area contributed by atoms with Crippen LogP contribution in [0.25, 0.3) is 0 Å². The normalized spacial score (nSPS) is 15.6. The van der Waals surface area contributed by atoms with Gasteiger partial charge in [0, 0.05) is 31.2 Å². The Bertz CT molecular complexity index is 728. The average molecular weight is 373 g/mol. The maximum Gasteiger partial charge on any atom is 0.251 e. The van der Waals surface area contributed by atoms with Gasteiger partial charge >= 0.3 is 0 Å². The number of carbonyl (C=O) groups is 1. The molecule has 0 atom stereocenters. The van der Waals surface area contributed by atoms with Gasteiger partial charge in [0.25, 0.3) is 5.91 Å². The number of nitrogens with zero attached hydrogens (tertiary/aromatic N) is 1. The Morgan fingerprint density at radius 1 is 1.19 bits per heavy atom. The van der Waals surface area contributed by atoms with E-state index in [0.29, 0.717) is 11.6 Å². The first-order chi connectivity index (χ1) is 12.7. The fraction of sp³-hybridized carbons (Fsp3) is 0.381. The van der Waals surface area contributed by atoms with Gasteiger partial charge in [0.15, 0.2) is 0 Å². The van der Waals surface area contributed by atoms with Crippen LogP contribution in [-0.2, 0) is 6.54 Å². The monoisotopic (exact) mass is 372 g/mol. The largest absolute Gasteiger partial charge is 0.492 e. The van der Waals surface area contributed by atoms with Gasteiger partial charge in [-0.25, -0.2) is 0 Å². The summed E-state index contributed by atoms with van der Waals surface area (Å²) < 4.78 is 5.57. The molecule has 4 nitrogen and oxygen atoms in total. The Hall–Kier alpha value is -2.04. The van der Waals surface area contributed by atoms with E-state index in [0.717, 1.165) is 43.8 Å². The number of ether oxygens (including phenoxy) is 1. The second-order valence-corrected chi connectivity index (χ2v) is 6.99. The standard InChI is InChI=1S/C21H25ClN2O2/c1-2-26-20-14-16(8-9-19(20)22)15-24-12-10-18(11-13-24)23-21(25)17-6-4-3-5-7-17/h3-9,14,18H,2,10-13,15H2,1H3,(H,23,25). The van der Waals surface area contributed by atoms with Gasteiger partial charge in [0.05, 0.1) is 11.6 Å². The molecule has 0 radical (unpaired) electrons. The number of carbonyl (C=O) groups excluding carboxylic acids is 1. The second-order valence-electron chi connectivity index (χ2n) is 6.59. The SMILES string of the molecule is CCOc1cc(CN2CCC(NC(=O)c3ccccc3)CC2)ccc1Cl. The van der Waals surface area contributed by atoms with Crippen LogP contribution in [0.5, 0.6) is 5.75 Å². The van der Waals surface area contributed by atoms with Crippen molar-refractivity contribution in [2.45, 2.75) is 32.4 Å². The molecule has 5 heteroatoms. The summed E-state index contributed by atoms with van der Waals surface area (Å²) in [5.41, 5.74) is 1.92. The number of hydrogen-bond donors (Lipinski definition) is 1. The Kier molecular flexibility index (Phi) is 6.53. The fourth-order valence-electron chi connectivity index (χ4n) is 3.26. The van der Waals surface area contributed by atoms with Crippen molar-refractivity contribution in [1.29, 1.82) is 0 Å². The molecule has 1 amide bonds. The first-order valence-corrected chi connectivity index (χ1v) is 9.53. The minimum absolute atomic E-state index is 0.0168. The highest BCUT2D eigenvalue weighted by Crippen LogP contribution is 2.26. The number of benzene rings is 2. The molecule has 0 aromatic heterocycles. The molecule has 26 heavy (non-hydrogen) atoms. The summed E-state index contributed by atoms with van der Waals surface area (Å²) in [6.45, 7) is 5.36. The topological polar surface area (TPSA) is 41.6 Å². The van der Waals surface area contributed by atoms with Crippen molar-refractivity contribution >= 4 is 17.5 Å². The smallest absolute Gasteiger partial charge is 0.251 e. The molecule has 0 saturated carbocycles. The predicted octanol–water partition coefficient (Wildman–Crippen LogP) is 4.13. The molecule has 0 spiro atoms. The molecule has 138 valence electrons. The van der Waals surface area contributed by atoms with Crippen molar-refractivity contribution in [3.63, 3.8) is 0 Å². The van der Waals surface area contributed by atoms with E-state index in [-0.39, 0.29) is 11.9 Å². The molecular weight excluding hydrogens is 348 g/mol. The van der Waals surface area contributed by atoms with Crippen LogP contribution in [0.1, 0.15) is 35.7 Å². The predicted molar refractivity (Wildman–Crippen MR) is 105 cm³/mol. The van der Waals surface area contributed by atoms with Crippen LogP contribution in [0.2, 0.25) is 5.02 Å². The highest BCUT2D eigenvalue weighted by Gasteiger charge is 2.21. The molecule has 2 aromatic rings. The third kappa shape index (κ3) is 4.99. The van der Waals surface area contributed by atoms with Crippen LogP contribution in [0.15, 0.2) is 48.5 Å². The van der Waals surface area contributed by atoms with Crippen LogP contribution < -0.4 is 10.1 Å². The third-order valence-corrected chi connectivity index (χ3v) is 4.97. The Labute approximate surface area is 160 Å². The number of halogens is 1. The van der Waals surface area contributed by atoms with Crippen molar-refractivity contribution in [1.82, 2.24) is 10.2 Å². The molecular formula is C21H25ClN2O2. The molecule has 0 bridgehead atoms. The molecule has 0 unspecified atom stereocenters. The second kappa shape index (κ2) is 9.06. The summed E-state index contributed by atoms with van der Waals surface area (Å²) in [5, 5.41) is 3.80. The average Bonchev–Trinajstić information content (AvgIpc) is 2.67. The van der Waals surface area contributed by atoms with Crippen LogP contribution in [0, 0.1) is 0 Å². The highest BCUT2D eigenvalue weighted by atomic mass is 35.5. The van der Waals surface area contributed by atoms with Crippen molar-refractivity contribution in [3.05, 3.63) is 64.7 Å². The number of piperidine rings is 1. The number of rotatable bonds is 6. The maximum absolute atomic E-state index is 12.3. The summed E-state index contributed by atoms with van der Waals surface area (Å²) in [6.07, 6.45) is 1.93. The first kappa shape index (κ1) is 18.7. The number of likely N-dealkylation sites (tertiary alicyclic amines) is 1. The van der Waals surface area contributed by atoms with Crippen molar-refractivity contribution < 1.29 is 9.53 Å². The van der Waals surface area contributed by atoms with E-state index in [1.807, 2.05) is 55.5 Å². The zero-order valence-corrected chi connectivity index (χ0v) is 15.8. The molecule has 1 N–H and O–H groups in total. The van der Waals surface area contributed by atoms with Crippen LogP contribution >= 0.6 is 11.6 Å². The van der Waals surface area contributed by atoms with E-state index >= 15 is 0 Å². The van der Waals surface area contributed by atoms with Gasteiger partial charge in [0.2, 0.25) is 0 Å². The molecule has 1 aliphatic rings. The van der Waals surface area contributed by atoms with E-state index in [1.54, 1.807) is 0 Å². The van der Waals surface area contributed by atoms with Crippen molar-refractivity contribution in [3.8, 4) is 5.75 Å². The summed E-state index contributed by atoms with van der Waals surface area (Å²) in [4.78, 5) is 14.7. The van der Waals surface area contributed by atoms with Crippen molar-refractivity contribution in [2.24, 2.45) is 0 Å². The maximum atomic E-state index is 12.3. The lowest BCUT2D eigenvalue weighted by molar-refractivity contribution is 0.0909. The Balaban J connectivity index is 1.49. The van der Waals surface area contributed by atoms with Crippen LogP contribution in [0.3, 0.4) is 0 Å². The fourth-order valence-corrected chi connectivity index (χ4v) is 3.44. The van der Waals surface area contributed by atoms with Gasteiger partial charge in [-0.3, -0.25) is 9.69 Å². The van der Waals surface area contributed by atoms with E-state index in [9.17, 15) is 4.79 Å². The van der Waals surface area contributed by atoms with Gasteiger partial charge in [-0.15, -0.1) is 0 Å². The van der Waals surface area contributed by atoms with Crippen molar-refractivity contribution in [2.75, 3.05) is 19.7 Å². The van der Waals surface area contributed by atoms with Crippen LogP contribution in [0.4, 0.5) is 0 Å². The number of hydrogen-bond acceptors (Lipinski definition) is 3. The van der Waals surface area contributed by atoms with E-state index < -0.39 is 0 Å². The van der Waals surface area contributed by atoms with Gasteiger partial charge in [-0.2, -0.15) is 0 Å². The molecule has 1 heterocycles.